The van der Waals surface area contributed by atoms with Crippen LogP contribution in [0.5, 0.6) is 0 Å². The molecule has 100 valence electrons. The van der Waals surface area contributed by atoms with Gasteiger partial charge in [0.1, 0.15) is 11.7 Å². The Bertz CT molecular complexity index is 716. The van der Waals surface area contributed by atoms with Gasteiger partial charge in [-0.2, -0.15) is 0 Å². The predicted octanol–water partition coefficient (Wildman–Crippen LogP) is 3.41. The molecule has 0 saturated carbocycles. The Morgan fingerprint density at radius 3 is 2.60 bits per heavy atom. The predicted molar refractivity (Wildman–Crippen MR) is 80.9 cm³/mol. The molecule has 0 aliphatic rings. The van der Waals surface area contributed by atoms with Crippen molar-refractivity contribution in [3.8, 4) is 11.4 Å². The van der Waals surface area contributed by atoms with E-state index in [-0.39, 0.29) is 11.8 Å². The summed E-state index contributed by atoms with van der Waals surface area (Å²) in [7, 11) is 0. The number of fused-ring (bicyclic) bond motifs is 1. The van der Waals surface area contributed by atoms with E-state index >= 15 is 0 Å². The zero-order valence-electron chi connectivity index (χ0n) is 10.6. The standard InChI is InChI=1S/C15H12ClN3O/c16-9-14(20)17-11-7-5-10(6-8-11)15-18-12-3-1-2-4-13(12)19-15/h1-8H,9H2,(H,17,20)(H,18,19). The zero-order chi connectivity index (χ0) is 13.9. The molecule has 5 heteroatoms. The minimum Gasteiger partial charge on any atom is -0.338 e. The van der Waals surface area contributed by atoms with E-state index in [9.17, 15) is 4.79 Å². The first kappa shape index (κ1) is 12.7. The lowest BCUT2D eigenvalue weighted by Crippen LogP contribution is -2.12. The number of aromatic nitrogens is 2. The summed E-state index contributed by atoms with van der Waals surface area (Å²) in [6.07, 6.45) is 0. The van der Waals surface area contributed by atoms with Crippen molar-refractivity contribution in [2.75, 3.05) is 11.2 Å². The molecule has 1 amide bonds. The van der Waals surface area contributed by atoms with Crippen molar-refractivity contribution in [2.45, 2.75) is 0 Å². The van der Waals surface area contributed by atoms with Gasteiger partial charge in [-0.25, -0.2) is 4.98 Å². The van der Waals surface area contributed by atoms with Gasteiger partial charge in [0.25, 0.3) is 0 Å². The molecular formula is C15H12ClN3O. The van der Waals surface area contributed by atoms with Crippen molar-refractivity contribution < 1.29 is 4.79 Å². The number of imidazole rings is 1. The van der Waals surface area contributed by atoms with Gasteiger partial charge in [0, 0.05) is 11.3 Å². The lowest BCUT2D eigenvalue weighted by molar-refractivity contribution is -0.113. The Balaban J connectivity index is 1.88. The second-order valence-electron chi connectivity index (χ2n) is 4.36. The number of hydrogen-bond acceptors (Lipinski definition) is 2. The number of nitrogens with one attached hydrogen (secondary N) is 2. The number of aromatic amines is 1. The fourth-order valence-electron chi connectivity index (χ4n) is 2.00. The van der Waals surface area contributed by atoms with Crippen molar-refractivity contribution >= 4 is 34.2 Å². The first-order chi connectivity index (χ1) is 9.76. The number of amides is 1. The van der Waals surface area contributed by atoms with Crippen LogP contribution in [0.15, 0.2) is 48.5 Å². The maximum Gasteiger partial charge on any atom is 0.239 e. The first-order valence-corrected chi connectivity index (χ1v) is 6.71. The van der Waals surface area contributed by atoms with E-state index in [1.807, 2.05) is 48.5 Å². The van der Waals surface area contributed by atoms with E-state index < -0.39 is 0 Å². The molecule has 3 rings (SSSR count). The van der Waals surface area contributed by atoms with Crippen LogP contribution in [0.4, 0.5) is 5.69 Å². The number of hydrogen-bond donors (Lipinski definition) is 2. The Hall–Kier alpha value is -2.33. The molecule has 1 heterocycles. The summed E-state index contributed by atoms with van der Waals surface area (Å²) < 4.78 is 0. The largest absolute Gasteiger partial charge is 0.338 e. The highest BCUT2D eigenvalue weighted by molar-refractivity contribution is 6.29. The highest BCUT2D eigenvalue weighted by Crippen LogP contribution is 2.21. The molecule has 0 aliphatic heterocycles. The van der Waals surface area contributed by atoms with E-state index in [1.165, 1.54) is 0 Å². The molecule has 0 unspecified atom stereocenters. The van der Waals surface area contributed by atoms with E-state index in [0.29, 0.717) is 0 Å². The van der Waals surface area contributed by atoms with Gasteiger partial charge in [0.2, 0.25) is 5.91 Å². The maximum absolute atomic E-state index is 11.2. The van der Waals surface area contributed by atoms with Crippen LogP contribution in [0.2, 0.25) is 0 Å². The Kier molecular flexibility index (Phi) is 3.39. The van der Waals surface area contributed by atoms with Crippen LogP contribution in [-0.2, 0) is 4.79 Å². The molecule has 0 spiro atoms. The summed E-state index contributed by atoms with van der Waals surface area (Å²) in [5.41, 5.74) is 3.62. The molecule has 4 nitrogen and oxygen atoms in total. The van der Waals surface area contributed by atoms with Crippen LogP contribution in [0, 0.1) is 0 Å². The quantitative estimate of drug-likeness (QED) is 0.725. The van der Waals surface area contributed by atoms with Crippen molar-refractivity contribution in [1.82, 2.24) is 9.97 Å². The average Bonchev–Trinajstić information content (AvgIpc) is 2.91. The number of halogens is 1. The smallest absolute Gasteiger partial charge is 0.239 e. The van der Waals surface area contributed by atoms with Crippen molar-refractivity contribution in [3.63, 3.8) is 0 Å². The molecular weight excluding hydrogens is 274 g/mol. The number of para-hydroxylation sites is 2. The number of benzene rings is 2. The van der Waals surface area contributed by atoms with Crippen LogP contribution >= 0.6 is 11.6 Å². The second-order valence-corrected chi connectivity index (χ2v) is 4.63. The van der Waals surface area contributed by atoms with Crippen LogP contribution < -0.4 is 5.32 Å². The molecule has 1 aromatic heterocycles. The zero-order valence-corrected chi connectivity index (χ0v) is 11.3. The molecule has 0 saturated heterocycles. The van der Waals surface area contributed by atoms with Gasteiger partial charge < -0.3 is 10.3 Å². The Morgan fingerprint density at radius 1 is 1.15 bits per heavy atom. The molecule has 2 aromatic carbocycles. The van der Waals surface area contributed by atoms with E-state index in [1.54, 1.807) is 0 Å². The van der Waals surface area contributed by atoms with Gasteiger partial charge in [-0.15, -0.1) is 11.6 Å². The molecule has 3 aromatic rings. The van der Waals surface area contributed by atoms with Crippen LogP contribution in [0.3, 0.4) is 0 Å². The summed E-state index contributed by atoms with van der Waals surface area (Å²) >= 11 is 5.45. The number of carbonyl (C=O) groups is 1. The number of nitrogens with zero attached hydrogens (tertiary/aromatic N) is 1. The van der Waals surface area contributed by atoms with Crippen molar-refractivity contribution in [2.24, 2.45) is 0 Å². The van der Waals surface area contributed by atoms with Crippen molar-refractivity contribution in [1.29, 1.82) is 0 Å². The molecule has 2 N–H and O–H groups in total. The fraction of sp³-hybridized carbons (Fsp3) is 0.0667. The van der Waals surface area contributed by atoms with Gasteiger partial charge in [0.15, 0.2) is 0 Å². The first-order valence-electron chi connectivity index (χ1n) is 6.17. The number of anilines is 1. The minimum absolute atomic E-state index is 0.0503. The van der Waals surface area contributed by atoms with Gasteiger partial charge in [-0.3, -0.25) is 4.79 Å². The third-order valence-corrected chi connectivity index (χ3v) is 3.20. The lowest BCUT2D eigenvalue weighted by Gasteiger charge is -2.03. The third kappa shape index (κ3) is 2.51. The van der Waals surface area contributed by atoms with Crippen LogP contribution in [-0.4, -0.2) is 21.8 Å². The lowest BCUT2D eigenvalue weighted by atomic mass is 10.2. The van der Waals surface area contributed by atoms with E-state index in [2.05, 4.69) is 15.3 Å². The molecule has 20 heavy (non-hydrogen) atoms. The maximum atomic E-state index is 11.2. The van der Waals surface area contributed by atoms with Crippen LogP contribution in [0.25, 0.3) is 22.4 Å². The number of alkyl halides is 1. The number of carbonyl (C=O) groups excluding carboxylic acids is 1. The minimum atomic E-state index is -0.219. The highest BCUT2D eigenvalue weighted by atomic mass is 35.5. The van der Waals surface area contributed by atoms with Crippen LogP contribution in [0.1, 0.15) is 0 Å². The SMILES string of the molecule is O=C(CCl)Nc1ccc(-c2nc3ccccc3[nH]2)cc1. The second kappa shape index (κ2) is 5.35. The van der Waals surface area contributed by atoms with Gasteiger partial charge in [-0.1, -0.05) is 12.1 Å². The molecule has 0 radical (unpaired) electrons. The fourth-order valence-corrected chi connectivity index (χ4v) is 2.06. The monoisotopic (exact) mass is 285 g/mol. The topological polar surface area (TPSA) is 57.8 Å². The summed E-state index contributed by atoms with van der Waals surface area (Å²) in [6.45, 7) is 0. The molecule has 0 atom stereocenters. The van der Waals surface area contributed by atoms with Gasteiger partial charge in [0.05, 0.1) is 11.0 Å². The van der Waals surface area contributed by atoms with E-state index in [0.717, 1.165) is 28.1 Å². The highest BCUT2D eigenvalue weighted by Gasteiger charge is 2.05. The average molecular weight is 286 g/mol. The molecule has 0 fully saturated rings. The summed E-state index contributed by atoms with van der Waals surface area (Å²) in [6, 6.07) is 15.3. The van der Waals surface area contributed by atoms with E-state index in [4.69, 9.17) is 11.6 Å². The Labute approximate surface area is 120 Å². The van der Waals surface area contributed by atoms with Gasteiger partial charge >= 0.3 is 0 Å². The summed E-state index contributed by atoms with van der Waals surface area (Å²) in [5, 5.41) is 2.70. The summed E-state index contributed by atoms with van der Waals surface area (Å²) in [5.74, 6) is 0.537. The number of H-pyrrole nitrogens is 1. The Morgan fingerprint density at radius 2 is 1.90 bits per heavy atom. The summed E-state index contributed by atoms with van der Waals surface area (Å²) in [4.78, 5) is 19.0. The van der Waals surface area contributed by atoms with Gasteiger partial charge in [-0.05, 0) is 36.4 Å². The molecule has 0 bridgehead atoms. The van der Waals surface area contributed by atoms with Crippen molar-refractivity contribution in [3.05, 3.63) is 48.5 Å². The third-order valence-electron chi connectivity index (χ3n) is 2.95. The normalized spacial score (nSPS) is 10.7. The molecule has 0 aliphatic carbocycles. The number of rotatable bonds is 3.